The Kier molecular flexibility index (Phi) is 10.5. The van der Waals surface area contributed by atoms with Crippen molar-refractivity contribution in [3.8, 4) is 0 Å². The number of piperazine rings is 1. The maximum absolute atomic E-state index is 13.8. The Morgan fingerprint density at radius 1 is 1.05 bits per heavy atom. The number of hydrogen-bond acceptors (Lipinski definition) is 5. The minimum absolute atomic E-state index is 0.0428. The van der Waals surface area contributed by atoms with Crippen LogP contribution in [0.2, 0.25) is 0 Å². The van der Waals surface area contributed by atoms with Gasteiger partial charge >= 0.3 is 11.8 Å². The van der Waals surface area contributed by atoms with Gasteiger partial charge in [0.25, 0.3) is 0 Å². The first-order valence-electron chi connectivity index (χ1n) is 13.3. The average Bonchev–Trinajstić information content (AvgIpc) is 2.87. The van der Waals surface area contributed by atoms with E-state index in [2.05, 4.69) is 23.6 Å². The predicted molar refractivity (Wildman–Crippen MR) is 144 cm³/mol. The zero-order valence-corrected chi connectivity index (χ0v) is 22.9. The van der Waals surface area contributed by atoms with Crippen LogP contribution in [-0.4, -0.2) is 77.5 Å². The lowest BCUT2D eigenvalue weighted by molar-refractivity contribution is -0.159. The number of likely N-dealkylation sites (N-methyl/N-ethyl adjacent to an activating group) is 1. The van der Waals surface area contributed by atoms with Gasteiger partial charge in [0.2, 0.25) is 5.91 Å². The molecule has 1 aliphatic rings. The second-order valence-corrected chi connectivity index (χ2v) is 10.4. The summed E-state index contributed by atoms with van der Waals surface area (Å²) >= 11 is 0. The third-order valence-electron chi connectivity index (χ3n) is 7.07. The molecule has 0 saturated carbocycles. The number of benzene rings is 2. The number of amides is 3. The summed E-state index contributed by atoms with van der Waals surface area (Å²) in [4.78, 5) is 40.6. The Bertz CT molecular complexity index is 1160. The Morgan fingerprint density at radius 3 is 2.36 bits per heavy atom. The third kappa shape index (κ3) is 8.31. The first kappa shape index (κ1) is 30.2. The summed E-state index contributed by atoms with van der Waals surface area (Å²) in [6, 6.07) is 9.91. The average molecular weight is 545 g/mol. The van der Waals surface area contributed by atoms with Crippen LogP contribution in [0.3, 0.4) is 0 Å². The second-order valence-electron chi connectivity index (χ2n) is 10.4. The number of rotatable bonds is 12. The topological polar surface area (TPSA) is 102 Å². The zero-order valence-electron chi connectivity index (χ0n) is 22.9. The number of nitrogens with zero attached hydrogens (tertiary/aromatic N) is 2. The number of aliphatic hydroxyl groups is 1. The van der Waals surface area contributed by atoms with E-state index < -0.39 is 41.5 Å². The van der Waals surface area contributed by atoms with Crippen molar-refractivity contribution >= 4 is 17.7 Å². The molecule has 212 valence electrons. The molecule has 2 aromatic rings. The molecule has 0 bridgehead atoms. The van der Waals surface area contributed by atoms with Gasteiger partial charge in [-0.15, -0.1) is 0 Å². The molecule has 1 saturated heterocycles. The summed E-state index contributed by atoms with van der Waals surface area (Å²) in [5.74, 6) is -3.50. The minimum Gasteiger partial charge on any atom is -0.390 e. The van der Waals surface area contributed by atoms with Crippen molar-refractivity contribution in [3.05, 3.63) is 70.8 Å². The summed E-state index contributed by atoms with van der Waals surface area (Å²) in [6.07, 6.45) is -0.254. The molecule has 0 aliphatic carbocycles. The highest BCUT2D eigenvalue weighted by Gasteiger charge is 2.39. The molecule has 0 spiro atoms. The summed E-state index contributed by atoms with van der Waals surface area (Å²) in [6.45, 7) is 6.33. The molecule has 1 fully saturated rings. The molecule has 3 atom stereocenters. The fourth-order valence-electron chi connectivity index (χ4n) is 4.82. The molecule has 39 heavy (non-hydrogen) atoms. The van der Waals surface area contributed by atoms with E-state index in [0.29, 0.717) is 6.54 Å². The van der Waals surface area contributed by atoms with E-state index in [1.54, 1.807) is 7.05 Å². The highest BCUT2D eigenvalue weighted by molar-refractivity contribution is 6.35. The van der Waals surface area contributed by atoms with Crippen LogP contribution in [0.15, 0.2) is 42.5 Å². The largest absolute Gasteiger partial charge is 0.390 e. The maximum atomic E-state index is 13.8. The summed E-state index contributed by atoms with van der Waals surface area (Å²) < 4.78 is 27.7. The number of aryl methyl sites for hydroxylation is 1. The molecule has 3 N–H and O–H groups in total. The number of halogens is 2. The molecule has 8 nitrogen and oxygen atoms in total. The zero-order chi connectivity index (χ0) is 28.7. The lowest BCUT2D eigenvalue weighted by atomic mass is 9.99. The third-order valence-corrected chi connectivity index (χ3v) is 7.07. The Balaban J connectivity index is 1.69. The van der Waals surface area contributed by atoms with Crippen LogP contribution in [0.5, 0.6) is 0 Å². The van der Waals surface area contributed by atoms with Crippen LogP contribution in [0.4, 0.5) is 8.78 Å². The second kappa shape index (κ2) is 13.6. The van der Waals surface area contributed by atoms with E-state index in [1.807, 2.05) is 32.0 Å². The maximum Gasteiger partial charge on any atom is 0.312 e. The highest BCUT2D eigenvalue weighted by atomic mass is 19.1. The van der Waals surface area contributed by atoms with Gasteiger partial charge in [0.05, 0.1) is 18.2 Å². The molecule has 3 amide bonds. The SMILES string of the molecule is CCc1cccc(CNC[C@H](O)[C@H](Cc2cc(F)cc(F)c2)NC(=O)CN2C[C@@H](C(C)C)N(C)C(=O)C2=O)c1. The van der Waals surface area contributed by atoms with Gasteiger partial charge in [-0.3, -0.25) is 14.4 Å². The number of hydrogen-bond donors (Lipinski definition) is 3. The van der Waals surface area contributed by atoms with Crippen molar-refractivity contribution in [1.82, 2.24) is 20.4 Å². The van der Waals surface area contributed by atoms with Crippen LogP contribution >= 0.6 is 0 Å². The van der Waals surface area contributed by atoms with Crippen LogP contribution in [0, 0.1) is 17.6 Å². The van der Waals surface area contributed by atoms with Gasteiger partial charge in [-0.1, -0.05) is 45.0 Å². The predicted octanol–water partition coefficient (Wildman–Crippen LogP) is 2.03. The van der Waals surface area contributed by atoms with Crippen molar-refractivity contribution in [2.75, 3.05) is 26.7 Å². The van der Waals surface area contributed by atoms with E-state index in [9.17, 15) is 28.3 Å². The first-order chi connectivity index (χ1) is 18.5. The number of carbonyl (C=O) groups is 3. The fraction of sp³-hybridized carbons (Fsp3) is 0.483. The van der Waals surface area contributed by atoms with Gasteiger partial charge < -0.3 is 25.5 Å². The first-order valence-corrected chi connectivity index (χ1v) is 13.3. The Hall–Kier alpha value is -3.37. The molecule has 0 radical (unpaired) electrons. The minimum atomic E-state index is -1.11. The van der Waals surface area contributed by atoms with Gasteiger partial charge in [0.15, 0.2) is 0 Å². The van der Waals surface area contributed by atoms with Crippen LogP contribution in [-0.2, 0) is 33.8 Å². The van der Waals surface area contributed by atoms with Gasteiger partial charge in [-0.05, 0) is 47.6 Å². The molecule has 3 rings (SSSR count). The van der Waals surface area contributed by atoms with Crippen LogP contribution in [0.25, 0.3) is 0 Å². The van der Waals surface area contributed by atoms with E-state index in [4.69, 9.17) is 0 Å². The summed E-state index contributed by atoms with van der Waals surface area (Å²) in [7, 11) is 1.57. The molecular formula is C29H38F2N4O4. The lowest BCUT2D eigenvalue weighted by Gasteiger charge is -2.40. The van der Waals surface area contributed by atoms with Crippen molar-refractivity contribution < 1.29 is 28.3 Å². The monoisotopic (exact) mass is 544 g/mol. The molecule has 0 unspecified atom stereocenters. The number of nitrogens with one attached hydrogen (secondary N) is 2. The van der Waals surface area contributed by atoms with Crippen molar-refractivity contribution in [1.29, 1.82) is 0 Å². The summed E-state index contributed by atoms with van der Waals surface area (Å²) in [5.41, 5.74) is 2.48. The van der Waals surface area contributed by atoms with Crippen molar-refractivity contribution in [3.63, 3.8) is 0 Å². The Labute approximate surface area is 228 Å². The highest BCUT2D eigenvalue weighted by Crippen LogP contribution is 2.18. The molecular weight excluding hydrogens is 506 g/mol. The Morgan fingerprint density at radius 2 is 1.72 bits per heavy atom. The lowest BCUT2D eigenvalue weighted by Crippen LogP contribution is -2.61. The number of carbonyl (C=O) groups excluding carboxylic acids is 3. The molecule has 0 aromatic heterocycles. The van der Waals surface area contributed by atoms with E-state index in [0.717, 1.165) is 30.2 Å². The van der Waals surface area contributed by atoms with Crippen molar-refractivity contribution in [2.45, 2.75) is 58.3 Å². The van der Waals surface area contributed by atoms with Crippen molar-refractivity contribution in [2.24, 2.45) is 5.92 Å². The quantitative estimate of drug-likeness (QED) is 0.355. The van der Waals surface area contributed by atoms with Crippen LogP contribution < -0.4 is 10.6 Å². The van der Waals surface area contributed by atoms with Gasteiger partial charge in [-0.25, -0.2) is 8.78 Å². The summed E-state index contributed by atoms with van der Waals surface area (Å²) in [5, 5.41) is 16.9. The molecule has 1 aliphatic heterocycles. The van der Waals surface area contributed by atoms with Gasteiger partial charge in [-0.2, -0.15) is 0 Å². The standard InChI is InChI=1S/C29H38F2N4O4/c1-5-19-7-6-8-20(9-19)14-32-15-26(36)24(12-21-10-22(30)13-23(31)11-21)33-27(37)17-35-16-25(18(2)3)34(4)28(38)29(35)39/h6-11,13,18,24-26,32,36H,5,12,14-17H2,1-4H3,(H,33,37)/t24-,25-,26-/m0/s1. The normalized spacial score (nSPS) is 17.5. The smallest absolute Gasteiger partial charge is 0.312 e. The molecule has 10 heteroatoms. The molecule has 2 aromatic carbocycles. The van der Waals surface area contributed by atoms with Gasteiger partial charge in [0.1, 0.15) is 18.2 Å². The van der Waals surface area contributed by atoms with Crippen LogP contribution in [0.1, 0.15) is 37.5 Å². The molecule has 1 heterocycles. The van der Waals surface area contributed by atoms with E-state index >= 15 is 0 Å². The number of aliphatic hydroxyl groups excluding tert-OH is 1. The fourth-order valence-corrected chi connectivity index (χ4v) is 4.82. The van der Waals surface area contributed by atoms with Gasteiger partial charge in [0, 0.05) is 32.7 Å². The van der Waals surface area contributed by atoms with E-state index in [1.165, 1.54) is 15.4 Å². The van der Waals surface area contributed by atoms with E-state index in [-0.39, 0.29) is 43.6 Å².